The Bertz CT molecular complexity index is 104. The van der Waals surface area contributed by atoms with Crippen LogP contribution in [0.25, 0.3) is 0 Å². The summed E-state index contributed by atoms with van der Waals surface area (Å²) in [5, 5.41) is 0. The minimum atomic E-state index is 1.11. The zero-order valence-electron chi connectivity index (χ0n) is 6.42. The third-order valence-electron chi connectivity index (χ3n) is 1.70. The van der Waals surface area contributed by atoms with Crippen LogP contribution in [0.4, 0.5) is 0 Å². The molecule has 1 aliphatic carbocycles. The van der Waals surface area contributed by atoms with Crippen LogP contribution >= 0.6 is 0 Å². The quantitative estimate of drug-likeness (QED) is 0.447. The second kappa shape index (κ2) is 5.28. The van der Waals surface area contributed by atoms with Gasteiger partial charge in [0, 0.05) is 0 Å². The van der Waals surface area contributed by atoms with Crippen LogP contribution in [-0.4, -0.2) is 0 Å². The monoisotopic (exact) mass is 135 g/mol. The van der Waals surface area contributed by atoms with Crippen molar-refractivity contribution in [3.8, 4) is 0 Å². The van der Waals surface area contributed by atoms with E-state index in [9.17, 15) is 0 Å². The highest BCUT2D eigenvalue weighted by Crippen LogP contribution is 2.05. The first kappa shape index (κ1) is 7.59. The molecule has 0 saturated heterocycles. The Morgan fingerprint density at radius 3 is 2.50 bits per heavy atom. The molecule has 55 valence electrons. The van der Waals surface area contributed by atoms with Gasteiger partial charge in [-0.05, 0) is 38.5 Å². The molecular formula is C10H15. The topological polar surface area (TPSA) is 0 Å². The lowest BCUT2D eigenvalue weighted by atomic mass is 10.1. The lowest BCUT2D eigenvalue weighted by Crippen LogP contribution is -1.76. The minimum absolute atomic E-state index is 1.11. The number of hydrogen-bond acceptors (Lipinski definition) is 0. The standard InChI is InChI=1S/C10H15/c1-2-4-6-8-10-9-7-5-3-1/h1-3,6,8H,4-5,7,9-10H2. The predicted molar refractivity (Wildman–Crippen MR) is 45.7 cm³/mol. The zero-order chi connectivity index (χ0) is 7.07. The molecular weight excluding hydrogens is 120 g/mol. The van der Waals surface area contributed by atoms with Crippen molar-refractivity contribution in [2.75, 3.05) is 0 Å². The van der Waals surface area contributed by atoms with Crippen LogP contribution in [0.15, 0.2) is 24.3 Å². The maximum absolute atomic E-state index is 2.29. The van der Waals surface area contributed by atoms with Crippen molar-refractivity contribution in [1.29, 1.82) is 0 Å². The van der Waals surface area contributed by atoms with Gasteiger partial charge in [-0.25, -0.2) is 0 Å². The SMILES string of the molecule is [CH]1C=CCCCCC=CC1. The first-order valence-corrected chi connectivity index (χ1v) is 4.13. The summed E-state index contributed by atoms with van der Waals surface area (Å²) in [5.74, 6) is 0. The summed E-state index contributed by atoms with van der Waals surface area (Å²) in [6, 6.07) is 0. The fourth-order valence-electron chi connectivity index (χ4n) is 1.09. The Morgan fingerprint density at radius 1 is 0.800 bits per heavy atom. The summed E-state index contributed by atoms with van der Waals surface area (Å²) in [6.45, 7) is 0. The minimum Gasteiger partial charge on any atom is -0.0885 e. The smallest absolute Gasteiger partial charge is 0.0133 e. The molecule has 0 unspecified atom stereocenters. The fraction of sp³-hybridized carbons (Fsp3) is 0.500. The molecule has 0 aromatic heterocycles. The maximum atomic E-state index is 2.29. The van der Waals surface area contributed by atoms with E-state index in [1.807, 2.05) is 0 Å². The molecule has 0 nitrogen and oxygen atoms in total. The highest BCUT2D eigenvalue weighted by Gasteiger charge is 1.86. The number of hydrogen-bond donors (Lipinski definition) is 0. The number of allylic oxidation sites excluding steroid dienone is 4. The number of rotatable bonds is 0. The van der Waals surface area contributed by atoms with Gasteiger partial charge in [0.2, 0.25) is 0 Å². The molecule has 0 aromatic carbocycles. The summed E-state index contributed by atoms with van der Waals surface area (Å²) in [7, 11) is 0. The van der Waals surface area contributed by atoms with Crippen molar-refractivity contribution < 1.29 is 0 Å². The Kier molecular flexibility index (Phi) is 4.00. The van der Waals surface area contributed by atoms with Crippen LogP contribution in [0.2, 0.25) is 0 Å². The van der Waals surface area contributed by atoms with Crippen molar-refractivity contribution in [2.45, 2.75) is 32.1 Å². The largest absolute Gasteiger partial charge is 0.0885 e. The average molecular weight is 135 g/mol. The van der Waals surface area contributed by atoms with E-state index >= 15 is 0 Å². The third kappa shape index (κ3) is 3.49. The molecule has 0 saturated carbocycles. The van der Waals surface area contributed by atoms with E-state index in [-0.39, 0.29) is 0 Å². The van der Waals surface area contributed by atoms with E-state index in [1.54, 1.807) is 0 Å². The lowest BCUT2D eigenvalue weighted by molar-refractivity contribution is 0.759. The van der Waals surface area contributed by atoms with Crippen molar-refractivity contribution in [1.82, 2.24) is 0 Å². The molecule has 0 aliphatic heterocycles. The van der Waals surface area contributed by atoms with E-state index in [0.717, 1.165) is 6.42 Å². The molecule has 0 aromatic rings. The average Bonchev–Trinajstić information content (AvgIpc) is 2.01. The maximum Gasteiger partial charge on any atom is -0.0133 e. The van der Waals surface area contributed by atoms with Gasteiger partial charge in [-0.3, -0.25) is 0 Å². The van der Waals surface area contributed by atoms with E-state index in [2.05, 4.69) is 30.7 Å². The van der Waals surface area contributed by atoms with Crippen molar-refractivity contribution in [3.63, 3.8) is 0 Å². The Balaban J connectivity index is 2.23. The fourth-order valence-corrected chi connectivity index (χ4v) is 1.09. The lowest BCUT2D eigenvalue weighted by Gasteiger charge is -1.95. The van der Waals surface area contributed by atoms with Gasteiger partial charge in [-0.15, -0.1) is 0 Å². The molecule has 1 rings (SSSR count). The summed E-state index contributed by atoms with van der Waals surface area (Å²) in [6.07, 6.45) is 17.5. The van der Waals surface area contributed by atoms with Gasteiger partial charge in [0.15, 0.2) is 0 Å². The van der Waals surface area contributed by atoms with E-state index < -0.39 is 0 Å². The van der Waals surface area contributed by atoms with Gasteiger partial charge in [0.25, 0.3) is 0 Å². The van der Waals surface area contributed by atoms with Gasteiger partial charge in [-0.2, -0.15) is 0 Å². The van der Waals surface area contributed by atoms with Gasteiger partial charge >= 0.3 is 0 Å². The molecule has 10 heavy (non-hydrogen) atoms. The van der Waals surface area contributed by atoms with Gasteiger partial charge < -0.3 is 0 Å². The zero-order valence-corrected chi connectivity index (χ0v) is 6.42. The van der Waals surface area contributed by atoms with Gasteiger partial charge in [-0.1, -0.05) is 24.3 Å². The Morgan fingerprint density at radius 2 is 1.60 bits per heavy atom. The molecule has 0 N–H and O–H groups in total. The van der Waals surface area contributed by atoms with Crippen LogP contribution in [0.3, 0.4) is 0 Å². The highest BCUT2D eigenvalue weighted by molar-refractivity contribution is 5.00. The van der Waals surface area contributed by atoms with Crippen LogP contribution in [0, 0.1) is 6.42 Å². The summed E-state index contributed by atoms with van der Waals surface area (Å²) < 4.78 is 0. The van der Waals surface area contributed by atoms with Crippen LogP contribution in [0.5, 0.6) is 0 Å². The van der Waals surface area contributed by atoms with Gasteiger partial charge in [0.05, 0.1) is 0 Å². The molecule has 0 bridgehead atoms. The molecule has 1 radical (unpaired) electrons. The molecule has 0 heterocycles. The Labute approximate surface area is 63.6 Å². The molecule has 0 heteroatoms. The molecule has 0 amide bonds. The molecule has 1 aliphatic rings. The summed E-state index contributed by atoms with van der Waals surface area (Å²) in [5.41, 5.74) is 0. The van der Waals surface area contributed by atoms with Crippen LogP contribution in [-0.2, 0) is 0 Å². The third-order valence-corrected chi connectivity index (χ3v) is 1.70. The van der Waals surface area contributed by atoms with Gasteiger partial charge in [0.1, 0.15) is 0 Å². The summed E-state index contributed by atoms with van der Waals surface area (Å²) in [4.78, 5) is 0. The molecule has 0 fully saturated rings. The second-order valence-electron chi connectivity index (χ2n) is 2.66. The first-order valence-electron chi connectivity index (χ1n) is 4.13. The normalized spacial score (nSPS) is 20.8. The molecule has 0 spiro atoms. The highest BCUT2D eigenvalue weighted by atomic mass is 13.9. The van der Waals surface area contributed by atoms with E-state index in [1.165, 1.54) is 25.7 Å². The van der Waals surface area contributed by atoms with Crippen molar-refractivity contribution in [3.05, 3.63) is 30.7 Å². The van der Waals surface area contributed by atoms with Crippen LogP contribution in [0.1, 0.15) is 32.1 Å². The first-order chi connectivity index (χ1) is 5.00. The Hall–Kier alpha value is -0.520. The summed E-state index contributed by atoms with van der Waals surface area (Å²) >= 11 is 0. The van der Waals surface area contributed by atoms with Crippen LogP contribution < -0.4 is 0 Å². The van der Waals surface area contributed by atoms with Crippen molar-refractivity contribution in [2.24, 2.45) is 0 Å². The van der Waals surface area contributed by atoms with Crippen molar-refractivity contribution >= 4 is 0 Å². The van der Waals surface area contributed by atoms with E-state index in [0.29, 0.717) is 0 Å². The predicted octanol–water partition coefficient (Wildman–Crippen LogP) is 3.27. The second-order valence-corrected chi connectivity index (χ2v) is 2.66. The molecule has 0 atom stereocenters. The van der Waals surface area contributed by atoms with E-state index in [4.69, 9.17) is 0 Å².